The maximum Gasteiger partial charge on any atom is 0.326 e. The van der Waals surface area contributed by atoms with Gasteiger partial charge in [-0.25, -0.2) is 8.78 Å². The molecule has 0 atom stereocenters. The van der Waals surface area contributed by atoms with Crippen molar-refractivity contribution < 1.29 is 27.8 Å². The molecule has 0 N–H and O–H groups in total. The van der Waals surface area contributed by atoms with Gasteiger partial charge >= 0.3 is 5.97 Å². The van der Waals surface area contributed by atoms with Crippen molar-refractivity contribution in [2.75, 3.05) is 18.1 Å². The molecular formula is C29H31F2NO4. The highest BCUT2D eigenvalue weighted by molar-refractivity contribution is 6.09. The minimum Gasteiger partial charge on any atom is -0.494 e. The summed E-state index contributed by atoms with van der Waals surface area (Å²) in [5.74, 6) is -3.00. The first-order valence-electron chi connectivity index (χ1n) is 11.9. The molecule has 3 aromatic carbocycles. The number of unbranched alkanes of at least 4 members (excludes halogenated alkanes) is 1. The molecule has 0 aromatic heterocycles. The van der Waals surface area contributed by atoms with E-state index in [4.69, 9.17) is 9.47 Å². The van der Waals surface area contributed by atoms with Gasteiger partial charge in [0, 0.05) is 5.69 Å². The zero-order valence-corrected chi connectivity index (χ0v) is 21.0. The highest BCUT2D eigenvalue weighted by Gasteiger charge is 2.28. The second-order valence-corrected chi connectivity index (χ2v) is 9.35. The number of anilines is 1. The average Bonchev–Trinajstić information content (AvgIpc) is 2.82. The van der Waals surface area contributed by atoms with Gasteiger partial charge in [-0.2, -0.15) is 0 Å². The van der Waals surface area contributed by atoms with E-state index in [0.29, 0.717) is 18.0 Å². The van der Waals surface area contributed by atoms with Crippen LogP contribution in [0.15, 0.2) is 66.7 Å². The summed E-state index contributed by atoms with van der Waals surface area (Å²) in [4.78, 5) is 27.0. The Morgan fingerprint density at radius 1 is 0.889 bits per heavy atom. The number of hydrogen-bond donors (Lipinski definition) is 0. The largest absolute Gasteiger partial charge is 0.494 e. The van der Waals surface area contributed by atoms with Crippen LogP contribution in [0.1, 0.15) is 50.9 Å². The first-order chi connectivity index (χ1) is 17.1. The van der Waals surface area contributed by atoms with E-state index in [1.54, 1.807) is 39.0 Å². The highest BCUT2D eigenvalue weighted by atomic mass is 19.1. The zero-order chi connectivity index (χ0) is 26.3. The molecule has 3 rings (SSSR count). The van der Waals surface area contributed by atoms with Gasteiger partial charge in [0.15, 0.2) is 0 Å². The number of rotatable bonds is 9. The Bertz CT molecular complexity index is 1200. The Kier molecular flexibility index (Phi) is 8.80. The van der Waals surface area contributed by atoms with Crippen LogP contribution < -0.4 is 9.64 Å². The van der Waals surface area contributed by atoms with Crippen LogP contribution in [0.5, 0.6) is 5.75 Å². The summed E-state index contributed by atoms with van der Waals surface area (Å²) in [6.07, 6.45) is 1.96. The topological polar surface area (TPSA) is 55.8 Å². The third-order valence-electron chi connectivity index (χ3n) is 5.22. The molecule has 0 spiro atoms. The fourth-order valence-electron chi connectivity index (χ4n) is 3.57. The lowest BCUT2D eigenvalue weighted by Gasteiger charge is -2.26. The standard InChI is InChI=1S/C29H31F2NO4/c1-5-6-16-35-23-13-8-11-21(18-23)20-10-7-12-22(17-20)32(19-26(33)36-29(2,3)4)28(34)27-24(30)14-9-15-25(27)31/h7-15,17-18H,5-6,16,19H2,1-4H3. The van der Waals surface area contributed by atoms with E-state index in [0.717, 1.165) is 41.0 Å². The van der Waals surface area contributed by atoms with Crippen molar-refractivity contribution in [3.05, 3.63) is 83.9 Å². The molecule has 0 radical (unpaired) electrons. The maximum atomic E-state index is 14.5. The quantitative estimate of drug-likeness (QED) is 0.242. The van der Waals surface area contributed by atoms with E-state index in [1.165, 1.54) is 6.07 Å². The van der Waals surface area contributed by atoms with Crippen LogP contribution in [0.3, 0.4) is 0 Å². The summed E-state index contributed by atoms with van der Waals surface area (Å²) in [5, 5.41) is 0. The normalized spacial score (nSPS) is 11.2. The van der Waals surface area contributed by atoms with Gasteiger partial charge in [-0.1, -0.05) is 43.7 Å². The molecule has 1 amide bonds. The van der Waals surface area contributed by atoms with Crippen molar-refractivity contribution in [2.24, 2.45) is 0 Å². The fourth-order valence-corrected chi connectivity index (χ4v) is 3.57. The molecule has 0 saturated carbocycles. The summed E-state index contributed by atoms with van der Waals surface area (Å²) in [6.45, 7) is 7.26. The lowest BCUT2D eigenvalue weighted by Crippen LogP contribution is -2.39. The molecule has 0 heterocycles. The maximum absolute atomic E-state index is 14.5. The summed E-state index contributed by atoms with van der Waals surface area (Å²) >= 11 is 0. The smallest absolute Gasteiger partial charge is 0.326 e. The van der Waals surface area contributed by atoms with E-state index in [1.807, 2.05) is 30.3 Å². The predicted molar refractivity (Wildman–Crippen MR) is 136 cm³/mol. The summed E-state index contributed by atoms with van der Waals surface area (Å²) < 4.78 is 40.1. The predicted octanol–water partition coefficient (Wildman–Crippen LogP) is 6.80. The molecular weight excluding hydrogens is 464 g/mol. The first kappa shape index (κ1) is 26.9. The van der Waals surface area contributed by atoms with Gasteiger partial charge in [0.05, 0.1) is 6.61 Å². The Balaban J connectivity index is 1.99. The molecule has 0 aliphatic heterocycles. The lowest BCUT2D eigenvalue weighted by atomic mass is 10.0. The molecule has 0 aliphatic carbocycles. The van der Waals surface area contributed by atoms with Crippen molar-refractivity contribution in [1.82, 2.24) is 0 Å². The third kappa shape index (κ3) is 7.13. The van der Waals surface area contributed by atoms with Crippen molar-refractivity contribution >= 4 is 17.6 Å². The number of hydrogen-bond acceptors (Lipinski definition) is 4. The van der Waals surface area contributed by atoms with Crippen LogP contribution in [-0.2, 0) is 9.53 Å². The number of esters is 1. The van der Waals surface area contributed by atoms with Crippen LogP contribution in [0.4, 0.5) is 14.5 Å². The van der Waals surface area contributed by atoms with Gasteiger partial charge in [-0.05, 0) is 74.7 Å². The minimum atomic E-state index is -1.01. The second-order valence-electron chi connectivity index (χ2n) is 9.35. The summed E-state index contributed by atoms with van der Waals surface area (Å²) in [6, 6.07) is 17.5. The van der Waals surface area contributed by atoms with Gasteiger partial charge in [-0.3, -0.25) is 14.5 Å². The van der Waals surface area contributed by atoms with Crippen molar-refractivity contribution in [3.63, 3.8) is 0 Å². The van der Waals surface area contributed by atoms with E-state index in [-0.39, 0.29) is 0 Å². The van der Waals surface area contributed by atoms with Crippen molar-refractivity contribution in [2.45, 2.75) is 46.1 Å². The van der Waals surface area contributed by atoms with Crippen molar-refractivity contribution in [3.8, 4) is 16.9 Å². The summed E-state index contributed by atoms with van der Waals surface area (Å²) in [5.41, 5.74) is 0.327. The monoisotopic (exact) mass is 495 g/mol. The van der Waals surface area contributed by atoms with Crippen LogP contribution in [-0.4, -0.2) is 30.6 Å². The average molecular weight is 496 g/mol. The van der Waals surface area contributed by atoms with E-state index < -0.39 is 41.2 Å². The van der Waals surface area contributed by atoms with Crippen LogP contribution in [0.2, 0.25) is 0 Å². The Labute approximate surface area is 210 Å². The van der Waals surface area contributed by atoms with Gasteiger partial charge in [0.1, 0.15) is 35.1 Å². The number of benzene rings is 3. The number of carbonyl (C=O) groups is 2. The molecule has 36 heavy (non-hydrogen) atoms. The number of amides is 1. The number of carbonyl (C=O) groups excluding carboxylic acids is 2. The minimum absolute atomic E-state index is 0.295. The molecule has 0 bridgehead atoms. The molecule has 0 saturated heterocycles. The van der Waals surface area contributed by atoms with Gasteiger partial charge in [0.25, 0.3) is 5.91 Å². The number of halogens is 2. The molecule has 3 aromatic rings. The zero-order valence-electron chi connectivity index (χ0n) is 21.0. The molecule has 190 valence electrons. The van der Waals surface area contributed by atoms with Crippen LogP contribution in [0.25, 0.3) is 11.1 Å². The SMILES string of the molecule is CCCCOc1cccc(-c2cccc(N(CC(=O)OC(C)(C)C)C(=O)c3c(F)cccc3F)c2)c1. The van der Waals surface area contributed by atoms with E-state index in [9.17, 15) is 18.4 Å². The molecule has 7 heteroatoms. The second kappa shape index (κ2) is 11.8. The summed E-state index contributed by atoms with van der Waals surface area (Å²) in [7, 11) is 0. The van der Waals surface area contributed by atoms with Gasteiger partial charge in [-0.15, -0.1) is 0 Å². The van der Waals surface area contributed by atoms with Crippen LogP contribution >= 0.6 is 0 Å². The highest BCUT2D eigenvalue weighted by Crippen LogP contribution is 2.29. The number of ether oxygens (including phenoxy) is 2. The fraction of sp³-hybridized carbons (Fsp3) is 0.310. The third-order valence-corrected chi connectivity index (χ3v) is 5.22. The molecule has 0 aliphatic rings. The van der Waals surface area contributed by atoms with Crippen LogP contribution in [0, 0.1) is 11.6 Å². The Morgan fingerprint density at radius 3 is 2.14 bits per heavy atom. The molecule has 0 unspecified atom stereocenters. The van der Waals surface area contributed by atoms with E-state index in [2.05, 4.69) is 6.92 Å². The van der Waals surface area contributed by atoms with Crippen molar-refractivity contribution in [1.29, 1.82) is 0 Å². The number of nitrogens with zero attached hydrogens (tertiary/aromatic N) is 1. The van der Waals surface area contributed by atoms with E-state index >= 15 is 0 Å². The van der Waals surface area contributed by atoms with Gasteiger partial charge < -0.3 is 9.47 Å². The Hall–Kier alpha value is -3.74. The molecule has 0 fully saturated rings. The first-order valence-corrected chi connectivity index (χ1v) is 11.9. The lowest BCUT2D eigenvalue weighted by molar-refractivity contribution is -0.152. The molecule has 5 nitrogen and oxygen atoms in total. The van der Waals surface area contributed by atoms with Gasteiger partial charge in [0.2, 0.25) is 0 Å². The Morgan fingerprint density at radius 2 is 1.50 bits per heavy atom.